The monoisotopic (exact) mass is 460 g/mol. The highest BCUT2D eigenvalue weighted by atomic mass is 35.5. The third-order valence-electron chi connectivity index (χ3n) is 4.02. The maximum absolute atomic E-state index is 12.2. The summed E-state index contributed by atoms with van der Waals surface area (Å²) in [6.07, 6.45) is 1.41. The number of hydrogen-bond acceptors (Lipinski definition) is 4. The molecule has 1 heterocycles. The number of amides is 4. The quantitative estimate of drug-likeness (QED) is 0.391. The Balaban J connectivity index is 1.44. The summed E-state index contributed by atoms with van der Waals surface area (Å²) < 4.78 is 4.98. The molecule has 0 aliphatic carbocycles. The first-order chi connectivity index (χ1) is 14.9. The average molecular weight is 461 g/mol. The number of hydrogen-bond donors (Lipinski definition) is 4. The number of rotatable bonds is 7. The van der Waals surface area contributed by atoms with Crippen LogP contribution in [0.15, 0.2) is 65.3 Å². The highest BCUT2D eigenvalue weighted by Gasteiger charge is 2.10. The second kappa shape index (κ2) is 10.5. The number of furan rings is 1. The topological polar surface area (TPSA) is 112 Å². The van der Waals surface area contributed by atoms with Crippen LogP contribution in [0.2, 0.25) is 10.0 Å². The Bertz CT molecular complexity index is 1070. The molecule has 3 aromatic rings. The van der Waals surface area contributed by atoms with E-state index in [-0.39, 0.29) is 30.7 Å². The van der Waals surface area contributed by atoms with Gasteiger partial charge in [-0.25, -0.2) is 4.79 Å². The van der Waals surface area contributed by atoms with Crippen molar-refractivity contribution in [1.82, 2.24) is 10.6 Å². The molecule has 4 amide bonds. The van der Waals surface area contributed by atoms with Gasteiger partial charge >= 0.3 is 6.03 Å². The van der Waals surface area contributed by atoms with E-state index in [1.165, 1.54) is 12.3 Å². The van der Waals surface area contributed by atoms with Gasteiger partial charge in [0.1, 0.15) is 0 Å². The lowest BCUT2D eigenvalue weighted by Gasteiger charge is -2.10. The van der Waals surface area contributed by atoms with Gasteiger partial charge in [-0.1, -0.05) is 23.2 Å². The molecule has 1 aromatic heterocycles. The van der Waals surface area contributed by atoms with Crippen molar-refractivity contribution in [3.8, 4) is 0 Å². The minimum absolute atomic E-state index is 0.205. The van der Waals surface area contributed by atoms with Crippen molar-refractivity contribution in [2.75, 3.05) is 23.7 Å². The van der Waals surface area contributed by atoms with Gasteiger partial charge in [0.2, 0.25) is 0 Å². The van der Waals surface area contributed by atoms with Crippen LogP contribution in [0, 0.1) is 0 Å². The smallest absolute Gasteiger partial charge is 0.323 e. The SMILES string of the molecule is O=C(Nc1ccc(C(=O)NCCNC(=O)c2ccco2)cc1)Nc1cc(Cl)ccc1Cl. The molecule has 0 aliphatic rings. The summed E-state index contributed by atoms with van der Waals surface area (Å²) in [5.41, 5.74) is 1.26. The Kier molecular flexibility index (Phi) is 7.53. The first-order valence-electron chi connectivity index (χ1n) is 9.15. The largest absolute Gasteiger partial charge is 0.459 e. The highest BCUT2D eigenvalue weighted by Crippen LogP contribution is 2.25. The van der Waals surface area contributed by atoms with Gasteiger partial charge in [-0.3, -0.25) is 9.59 Å². The van der Waals surface area contributed by atoms with Crippen LogP contribution in [0.25, 0.3) is 0 Å². The van der Waals surface area contributed by atoms with E-state index in [4.69, 9.17) is 27.6 Å². The summed E-state index contributed by atoms with van der Waals surface area (Å²) >= 11 is 11.9. The molecule has 2 aromatic carbocycles. The van der Waals surface area contributed by atoms with Crippen molar-refractivity contribution in [1.29, 1.82) is 0 Å². The number of urea groups is 1. The molecule has 0 fully saturated rings. The van der Waals surface area contributed by atoms with Gasteiger partial charge in [-0.05, 0) is 54.6 Å². The molecule has 0 unspecified atom stereocenters. The van der Waals surface area contributed by atoms with Gasteiger partial charge in [0.25, 0.3) is 11.8 Å². The van der Waals surface area contributed by atoms with Crippen LogP contribution >= 0.6 is 23.2 Å². The second-order valence-electron chi connectivity index (χ2n) is 6.27. The van der Waals surface area contributed by atoms with Crippen molar-refractivity contribution in [2.45, 2.75) is 0 Å². The summed E-state index contributed by atoms with van der Waals surface area (Å²) in [5.74, 6) is -0.461. The van der Waals surface area contributed by atoms with Crippen molar-refractivity contribution < 1.29 is 18.8 Å². The van der Waals surface area contributed by atoms with Gasteiger partial charge in [0, 0.05) is 29.4 Å². The van der Waals surface area contributed by atoms with Crippen LogP contribution in [0.1, 0.15) is 20.9 Å². The van der Waals surface area contributed by atoms with Gasteiger partial charge in [-0.15, -0.1) is 0 Å². The molecule has 8 nitrogen and oxygen atoms in total. The number of benzene rings is 2. The molecule has 0 saturated carbocycles. The zero-order chi connectivity index (χ0) is 22.2. The zero-order valence-electron chi connectivity index (χ0n) is 16.1. The zero-order valence-corrected chi connectivity index (χ0v) is 17.6. The van der Waals surface area contributed by atoms with Gasteiger partial charge in [0.15, 0.2) is 5.76 Å². The van der Waals surface area contributed by atoms with E-state index in [9.17, 15) is 14.4 Å². The highest BCUT2D eigenvalue weighted by molar-refractivity contribution is 6.35. The lowest BCUT2D eigenvalue weighted by molar-refractivity contribution is 0.0910. The Morgan fingerprint density at radius 2 is 1.55 bits per heavy atom. The fourth-order valence-electron chi connectivity index (χ4n) is 2.53. The average Bonchev–Trinajstić information content (AvgIpc) is 3.29. The molecule has 10 heteroatoms. The molecule has 4 N–H and O–H groups in total. The Morgan fingerprint density at radius 3 is 2.23 bits per heavy atom. The molecule has 0 saturated heterocycles. The van der Waals surface area contributed by atoms with Gasteiger partial charge in [-0.2, -0.15) is 0 Å². The lowest BCUT2D eigenvalue weighted by Crippen LogP contribution is -2.34. The Morgan fingerprint density at radius 1 is 0.839 bits per heavy atom. The first kappa shape index (κ1) is 22.2. The van der Waals surface area contributed by atoms with Crippen LogP contribution in [-0.4, -0.2) is 30.9 Å². The van der Waals surface area contributed by atoms with Gasteiger partial charge in [0.05, 0.1) is 17.0 Å². The molecular weight excluding hydrogens is 443 g/mol. The standard InChI is InChI=1S/C21H18Cl2N4O4/c22-14-5-8-16(23)17(12-14)27-21(30)26-15-6-3-13(4-7-15)19(28)24-9-10-25-20(29)18-2-1-11-31-18/h1-8,11-12H,9-10H2,(H,24,28)(H,25,29)(H2,26,27,30). The third kappa shape index (κ3) is 6.50. The molecule has 0 spiro atoms. The van der Waals surface area contributed by atoms with E-state index in [1.807, 2.05) is 0 Å². The molecule has 160 valence electrons. The van der Waals surface area contributed by atoms with Crippen molar-refractivity contribution >= 4 is 52.4 Å². The van der Waals surface area contributed by atoms with Crippen LogP contribution in [0.4, 0.5) is 16.2 Å². The number of nitrogens with one attached hydrogen (secondary N) is 4. The Hall–Kier alpha value is -3.49. The molecule has 31 heavy (non-hydrogen) atoms. The van der Waals surface area contributed by atoms with E-state index < -0.39 is 6.03 Å². The minimum Gasteiger partial charge on any atom is -0.459 e. The van der Waals surface area contributed by atoms with E-state index >= 15 is 0 Å². The first-order valence-corrected chi connectivity index (χ1v) is 9.91. The molecule has 0 radical (unpaired) electrons. The molecule has 0 bridgehead atoms. The van der Waals surface area contributed by atoms with Crippen molar-refractivity contribution in [3.05, 3.63) is 82.2 Å². The lowest BCUT2D eigenvalue weighted by atomic mass is 10.2. The van der Waals surface area contributed by atoms with Crippen molar-refractivity contribution in [3.63, 3.8) is 0 Å². The molecular formula is C21H18Cl2N4O4. The van der Waals surface area contributed by atoms with E-state index in [0.717, 1.165) is 0 Å². The molecule has 0 atom stereocenters. The summed E-state index contributed by atoms with van der Waals surface area (Å²) in [5, 5.41) is 11.4. The number of carbonyl (C=O) groups is 3. The van der Waals surface area contributed by atoms with E-state index in [0.29, 0.717) is 27.0 Å². The maximum atomic E-state index is 12.2. The van der Waals surface area contributed by atoms with Crippen LogP contribution in [0.5, 0.6) is 0 Å². The predicted molar refractivity (Wildman–Crippen MR) is 119 cm³/mol. The van der Waals surface area contributed by atoms with Gasteiger partial charge < -0.3 is 25.7 Å². The maximum Gasteiger partial charge on any atom is 0.323 e. The van der Waals surface area contributed by atoms with Crippen molar-refractivity contribution in [2.24, 2.45) is 0 Å². The predicted octanol–water partition coefficient (Wildman–Crippen LogP) is 4.39. The summed E-state index contributed by atoms with van der Waals surface area (Å²) in [6, 6.07) is 13.7. The number of halogens is 2. The molecule has 3 rings (SSSR count). The summed E-state index contributed by atoms with van der Waals surface area (Å²) in [6.45, 7) is 0.491. The summed E-state index contributed by atoms with van der Waals surface area (Å²) in [7, 11) is 0. The Labute approximate surface area is 187 Å². The van der Waals surface area contributed by atoms with E-state index in [1.54, 1.807) is 48.5 Å². The van der Waals surface area contributed by atoms with E-state index in [2.05, 4.69) is 21.3 Å². The third-order valence-corrected chi connectivity index (χ3v) is 4.59. The molecule has 0 aliphatic heterocycles. The minimum atomic E-state index is -0.506. The summed E-state index contributed by atoms with van der Waals surface area (Å²) in [4.78, 5) is 36.1. The fourth-order valence-corrected chi connectivity index (χ4v) is 2.87. The number of anilines is 2. The normalized spacial score (nSPS) is 10.3. The van der Waals surface area contributed by atoms with Crippen LogP contribution in [0.3, 0.4) is 0 Å². The fraction of sp³-hybridized carbons (Fsp3) is 0.0952. The van der Waals surface area contributed by atoms with Crippen LogP contribution < -0.4 is 21.3 Å². The second-order valence-corrected chi connectivity index (χ2v) is 7.11. The number of carbonyl (C=O) groups excluding carboxylic acids is 3. The van der Waals surface area contributed by atoms with Crippen LogP contribution in [-0.2, 0) is 0 Å².